The fourth-order valence-electron chi connectivity index (χ4n) is 2.93. The van der Waals surface area contributed by atoms with Gasteiger partial charge in [0.1, 0.15) is 0 Å². The van der Waals surface area contributed by atoms with E-state index in [2.05, 4.69) is 20.8 Å². The fourth-order valence-corrected chi connectivity index (χ4v) is 4.68. The summed E-state index contributed by atoms with van der Waals surface area (Å²) < 4.78 is 1.93. The number of rotatable bonds is 2. The molecular formula is C18H15BrClN3OS. The monoisotopic (exact) mass is 435 g/mol. The standard InChI is InChI=1S/C18H15BrClN3OS/c19-14-4-2-1-3-13(14)17(24)22-7-9-23(10-8-22)18-21-15-6-5-12(20)11-16(15)25-18/h1-6,11H,7-10H2. The quantitative estimate of drug-likeness (QED) is 0.585. The predicted octanol–water partition coefficient (Wildman–Crippen LogP) is 4.67. The lowest BCUT2D eigenvalue weighted by Gasteiger charge is -2.34. The Balaban J connectivity index is 1.47. The van der Waals surface area contributed by atoms with Crippen molar-refractivity contribution in [2.24, 2.45) is 0 Å². The first-order chi connectivity index (χ1) is 12.1. The number of thiazole rings is 1. The Morgan fingerprint density at radius 2 is 1.88 bits per heavy atom. The Morgan fingerprint density at radius 3 is 2.64 bits per heavy atom. The summed E-state index contributed by atoms with van der Waals surface area (Å²) in [5.74, 6) is 0.0724. The smallest absolute Gasteiger partial charge is 0.255 e. The summed E-state index contributed by atoms with van der Waals surface area (Å²) in [5, 5.41) is 1.72. The molecular weight excluding hydrogens is 422 g/mol. The number of carbonyl (C=O) groups is 1. The van der Waals surface area contributed by atoms with E-state index in [1.54, 1.807) is 11.3 Å². The first kappa shape index (κ1) is 16.8. The van der Waals surface area contributed by atoms with Gasteiger partial charge in [0, 0.05) is 35.7 Å². The Hall–Kier alpha value is -1.63. The van der Waals surface area contributed by atoms with E-state index in [1.807, 2.05) is 47.4 Å². The van der Waals surface area contributed by atoms with Crippen LogP contribution in [0.4, 0.5) is 5.13 Å². The lowest BCUT2D eigenvalue weighted by atomic mass is 10.2. The van der Waals surface area contributed by atoms with Crippen molar-refractivity contribution in [2.75, 3.05) is 31.1 Å². The molecule has 0 atom stereocenters. The zero-order valence-electron chi connectivity index (χ0n) is 13.3. The second kappa shape index (κ2) is 6.94. The minimum Gasteiger partial charge on any atom is -0.345 e. The number of carbonyl (C=O) groups excluding carboxylic acids is 1. The van der Waals surface area contributed by atoms with E-state index < -0.39 is 0 Å². The van der Waals surface area contributed by atoms with Gasteiger partial charge < -0.3 is 9.80 Å². The lowest BCUT2D eigenvalue weighted by molar-refractivity contribution is 0.0746. The topological polar surface area (TPSA) is 36.4 Å². The maximum absolute atomic E-state index is 12.7. The van der Waals surface area contributed by atoms with Crippen LogP contribution in [-0.4, -0.2) is 42.0 Å². The van der Waals surface area contributed by atoms with E-state index in [9.17, 15) is 4.79 Å². The number of halogens is 2. The van der Waals surface area contributed by atoms with Crippen molar-refractivity contribution in [3.05, 3.63) is 57.5 Å². The third-order valence-electron chi connectivity index (χ3n) is 4.28. The van der Waals surface area contributed by atoms with Gasteiger partial charge in [-0.15, -0.1) is 0 Å². The van der Waals surface area contributed by atoms with Crippen molar-refractivity contribution >= 4 is 60.1 Å². The maximum Gasteiger partial charge on any atom is 0.255 e. The molecule has 128 valence electrons. The van der Waals surface area contributed by atoms with Gasteiger partial charge in [0.25, 0.3) is 5.91 Å². The SMILES string of the molecule is O=C(c1ccccc1Br)N1CCN(c2nc3ccc(Cl)cc3s2)CC1. The van der Waals surface area contributed by atoms with Gasteiger partial charge in [-0.2, -0.15) is 0 Å². The lowest BCUT2D eigenvalue weighted by Crippen LogP contribution is -2.48. The van der Waals surface area contributed by atoms with Gasteiger partial charge in [0.2, 0.25) is 0 Å². The van der Waals surface area contributed by atoms with Crippen molar-refractivity contribution < 1.29 is 4.79 Å². The van der Waals surface area contributed by atoms with Crippen LogP contribution in [0, 0.1) is 0 Å². The van der Waals surface area contributed by atoms with Crippen molar-refractivity contribution in [3.63, 3.8) is 0 Å². The highest BCUT2D eigenvalue weighted by molar-refractivity contribution is 9.10. The Bertz CT molecular complexity index is 937. The number of piperazine rings is 1. The molecule has 1 aliphatic rings. The van der Waals surface area contributed by atoms with Gasteiger partial charge in [-0.25, -0.2) is 4.98 Å². The molecule has 0 saturated carbocycles. The molecule has 0 radical (unpaired) electrons. The van der Waals surface area contributed by atoms with Gasteiger partial charge in [-0.1, -0.05) is 35.1 Å². The highest BCUT2D eigenvalue weighted by Gasteiger charge is 2.24. The van der Waals surface area contributed by atoms with Gasteiger partial charge in [0.05, 0.1) is 15.8 Å². The number of hydrogen-bond donors (Lipinski definition) is 0. The molecule has 0 aliphatic carbocycles. The molecule has 4 rings (SSSR count). The van der Waals surface area contributed by atoms with E-state index >= 15 is 0 Å². The zero-order chi connectivity index (χ0) is 17.4. The zero-order valence-corrected chi connectivity index (χ0v) is 16.4. The summed E-state index contributed by atoms with van der Waals surface area (Å²) in [6, 6.07) is 13.3. The van der Waals surface area contributed by atoms with E-state index in [4.69, 9.17) is 16.6 Å². The summed E-state index contributed by atoms with van der Waals surface area (Å²) >= 11 is 11.2. The van der Waals surface area contributed by atoms with Gasteiger partial charge >= 0.3 is 0 Å². The van der Waals surface area contributed by atoms with Crippen LogP contribution in [-0.2, 0) is 0 Å². The second-order valence-corrected chi connectivity index (χ2v) is 8.17. The number of amides is 1. The van der Waals surface area contributed by atoms with Crippen molar-refractivity contribution in [2.45, 2.75) is 0 Å². The average Bonchev–Trinajstić information content (AvgIpc) is 3.05. The van der Waals surface area contributed by atoms with Crippen LogP contribution in [0.15, 0.2) is 46.9 Å². The summed E-state index contributed by atoms with van der Waals surface area (Å²) in [6.45, 7) is 2.95. The number of fused-ring (bicyclic) bond motifs is 1. The Kier molecular flexibility index (Phi) is 4.67. The van der Waals surface area contributed by atoms with E-state index in [0.717, 1.165) is 37.9 Å². The first-order valence-electron chi connectivity index (χ1n) is 7.97. The highest BCUT2D eigenvalue weighted by Crippen LogP contribution is 2.31. The second-order valence-electron chi connectivity index (χ2n) is 5.87. The molecule has 3 aromatic rings. The number of anilines is 1. The summed E-state index contributed by atoms with van der Waals surface area (Å²) in [6.07, 6.45) is 0. The molecule has 1 fully saturated rings. The molecule has 1 aliphatic heterocycles. The average molecular weight is 437 g/mol. The van der Waals surface area contributed by atoms with Crippen molar-refractivity contribution in [3.8, 4) is 0 Å². The molecule has 1 aromatic heterocycles. The molecule has 0 N–H and O–H groups in total. The third-order valence-corrected chi connectivity index (χ3v) is 6.29. The summed E-state index contributed by atoms with van der Waals surface area (Å²) in [5.41, 5.74) is 1.68. The number of hydrogen-bond acceptors (Lipinski definition) is 4. The molecule has 0 spiro atoms. The molecule has 25 heavy (non-hydrogen) atoms. The molecule has 7 heteroatoms. The number of benzene rings is 2. The van der Waals surface area contributed by atoms with Crippen LogP contribution in [0.2, 0.25) is 5.02 Å². The van der Waals surface area contributed by atoms with Crippen LogP contribution in [0.3, 0.4) is 0 Å². The Morgan fingerprint density at radius 1 is 1.12 bits per heavy atom. The highest BCUT2D eigenvalue weighted by atomic mass is 79.9. The van der Waals surface area contributed by atoms with Gasteiger partial charge in [0.15, 0.2) is 5.13 Å². The van der Waals surface area contributed by atoms with E-state index in [1.165, 1.54) is 0 Å². The molecule has 1 saturated heterocycles. The minimum absolute atomic E-state index is 0.0724. The largest absolute Gasteiger partial charge is 0.345 e. The number of nitrogens with zero attached hydrogens (tertiary/aromatic N) is 3. The summed E-state index contributed by atoms with van der Waals surface area (Å²) in [4.78, 5) is 21.5. The molecule has 4 nitrogen and oxygen atoms in total. The number of aromatic nitrogens is 1. The van der Waals surface area contributed by atoms with Crippen LogP contribution < -0.4 is 4.90 Å². The van der Waals surface area contributed by atoms with Crippen LogP contribution >= 0.6 is 38.9 Å². The molecule has 2 aromatic carbocycles. The fraction of sp³-hybridized carbons (Fsp3) is 0.222. The maximum atomic E-state index is 12.7. The van der Waals surface area contributed by atoms with Gasteiger partial charge in [-0.05, 0) is 46.3 Å². The third kappa shape index (κ3) is 3.38. The first-order valence-corrected chi connectivity index (χ1v) is 9.95. The van der Waals surface area contributed by atoms with Crippen LogP contribution in [0.5, 0.6) is 0 Å². The molecule has 0 bridgehead atoms. The minimum atomic E-state index is 0.0724. The van der Waals surface area contributed by atoms with Gasteiger partial charge in [-0.3, -0.25) is 4.79 Å². The predicted molar refractivity (Wildman–Crippen MR) is 107 cm³/mol. The van der Waals surface area contributed by atoms with Crippen molar-refractivity contribution in [1.29, 1.82) is 0 Å². The summed E-state index contributed by atoms with van der Waals surface area (Å²) in [7, 11) is 0. The molecule has 2 heterocycles. The van der Waals surface area contributed by atoms with Crippen LogP contribution in [0.1, 0.15) is 10.4 Å². The molecule has 0 unspecified atom stereocenters. The Labute approximate surface area is 163 Å². The van der Waals surface area contributed by atoms with E-state index in [0.29, 0.717) is 18.7 Å². The van der Waals surface area contributed by atoms with Crippen molar-refractivity contribution in [1.82, 2.24) is 9.88 Å². The van der Waals surface area contributed by atoms with E-state index in [-0.39, 0.29) is 5.91 Å². The molecule has 1 amide bonds. The van der Waals surface area contributed by atoms with Crippen LogP contribution in [0.25, 0.3) is 10.2 Å². The normalized spacial score (nSPS) is 15.0.